The van der Waals surface area contributed by atoms with E-state index in [1.54, 1.807) is 0 Å². The summed E-state index contributed by atoms with van der Waals surface area (Å²) in [6.07, 6.45) is 4.65. The van der Waals surface area contributed by atoms with Gasteiger partial charge in [0.05, 0.1) is 5.69 Å². The van der Waals surface area contributed by atoms with E-state index < -0.39 is 0 Å². The van der Waals surface area contributed by atoms with Crippen LogP contribution in [0.3, 0.4) is 0 Å². The normalized spacial score (nSPS) is 15.6. The zero-order valence-electron chi connectivity index (χ0n) is 15.4. The third-order valence-electron chi connectivity index (χ3n) is 4.78. The minimum atomic E-state index is -0.0425. The number of hydrogen-bond acceptors (Lipinski definition) is 4. The van der Waals surface area contributed by atoms with Gasteiger partial charge in [0.15, 0.2) is 6.61 Å². The smallest absolute Gasteiger partial charge is 0.258 e. The molecule has 1 amide bonds. The molecule has 0 atom stereocenters. The molecule has 138 valence electrons. The monoisotopic (exact) mass is 353 g/mol. The molecular formula is C21H27N3O2. The minimum Gasteiger partial charge on any atom is -0.483 e. The summed E-state index contributed by atoms with van der Waals surface area (Å²) < 4.78 is 5.70. The van der Waals surface area contributed by atoms with E-state index in [0.717, 1.165) is 55.9 Å². The van der Waals surface area contributed by atoms with Crippen LogP contribution in [-0.4, -0.2) is 41.5 Å². The second kappa shape index (κ2) is 9.34. The highest BCUT2D eigenvalue weighted by Gasteiger charge is 2.21. The number of benzene rings is 1. The summed E-state index contributed by atoms with van der Waals surface area (Å²) in [5.74, 6) is 0.759. The van der Waals surface area contributed by atoms with Crippen LogP contribution in [0.15, 0.2) is 48.7 Å². The maximum atomic E-state index is 12.2. The molecule has 2 aromatic rings. The first kappa shape index (κ1) is 18.4. The summed E-state index contributed by atoms with van der Waals surface area (Å²) in [6.45, 7) is 4.98. The molecule has 0 spiro atoms. The Hall–Kier alpha value is -2.40. The Morgan fingerprint density at radius 3 is 2.69 bits per heavy atom. The van der Waals surface area contributed by atoms with Crippen LogP contribution >= 0.6 is 0 Å². The summed E-state index contributed by atoms with van der Waals surface area (Å²) in [7, 11) is 0. The van der Waals surface area contributed by atoms with Crippen molar-refractivity contribution in [3.63, 3.8) is 0 Å². The Kier molecular flexibility index (Phi) is 6.61. The van der Waals surface area contributed by atoms with Crippen LogP contribution in [0.2, 0.25) is 0 Å². The predicted octanol–water partition coefficient (Wildman–Crippen LogP) is 2.80. The fourth-order valence-electron chi connectivity index (χ4n) is 3.31. The molecule has 0 aliphatic carbocycles. The van der Waals surface area contributed by atoms with Gasteiger partial charge in [-0.3, -0.25) is 14.7 Å². The Bertz CT molecular complexity index is 697. The Morgan fingerprint density at radius 1 is 1.19 bits per heavy atom. The number of carbonyl (C=O) groups is 1. The van der Waals surface area contributed by atoms with Crippen molar-refractivity contribution in [2.24, 2.45) is 0 Å². The molecule has 3 rings (SSSR count). The number of nitrogens with one attached hydrogen (secondary N) is 1. The Balaban J connectivity index is 1.39. The van der Waals surface area contributed by atoms with Crippen molar-refractivity contribution in [3.8, 4) is 5.75 Å². The highest BCUT2D eigenvalue weighted by molar-refractivity contribution is 5.77. The summed E-state index contributed by atoms with van der Waals surface area (Å²) in [5.41, 5.74) is 2.22. The molecule has 1 aromatic carbocycles. The van der Waals surface area contributed by atoms with Crippen molar-refractivity contribution in [1.82, 2.24) is 15.2 Å². The van der Waals surface area contributed by atoms with Crippen molar-refractivity contribution in [3.05, 3.63) is 59.9 Å². The zero-order chi connectivity index (χ0) is 18.2. The van der Waals surface area contributed by atoms with Crippen molar-refractivity contribution in [2.45, 2.75) is 38.8 Å². The molecule has 0 unspecified atom stereocenters. The average Bonchev–Trinajstić information content (AvgIpc) is 2.69. The number of amides is 1. The number of hydrogen-bond donors (Lipinski definition) is 1. The standard InChI is InChI=1S/C21H27N3O2/c1-2-17-7-3-4-9-20(17)26-16-21(25)23-18-10-13-24(14-11-18)15-19-8-5-6-12-22-19/h3-9,12,18H,2,10-11,13-16H2,1H3,(H,23,25). The molecule has 5 nitrogen and oxygen atoms in total. The van der Waals surface area contributed by atoms with Gasteiger partial charge in [-0.2, -0.15) is 0 Å². The van der Waals surface area contributed by atoms with Gasteiger partial charge in [0, 0.05) is 31.9 Å². The van der Waals surface area contributed by atoms with E-state index in [2.05, 4.69) is 28.2 Å². The van der Waals surface area contributed by atoms with E-state index in [1.165, 1.54) is 0 Å². The van der Waals surface area contributed by atoms with Crippen LogP contribution in [0.25, 0.3) is 0 Å². The number of nitrogens with zero attached hydrogens (tertiary/aromatic N) is 2. The topological polar surface area (TPSA) is 54.5 Å². The van der Waals surface area contributed by atoms with E-state index >= 15 is 0 Å². The van der Waals surface area contributed by atoms with Crippen LogP contribution in [-0.2, 0) is 17.8 Å². The summed E-state index contributed by atoms with van der Waals surface area (Å²) >= 11 is 0. The maximum Gasteiger partial charge on any atom is 0.258 e. The van der Waals surface area contributed by atoms with Crippen LogP contribution in [0.5, 0.6) is 5.75 Å². The van der Waals surface area contributed by atoms with Gasteiger partial charge in [0.25, 0.3) is 5.91 Å². The van der Waals surface area contributed by atoms with Crippen LogP contribution in [0, 0.1) is 0 Å². The van der Waals surface area contributed by atoms with Gasteiger partial charge in [-0.05, 0) is 43.0 Å². The number of likely N-dealkylation sites (tertiary alicyclic amines) is 1. The zero-order valence-corrected chi connectivity index (χ0v) is 15.4. The number of rotatable bonds is 7. The molecule has 5 heteroatoms. The lowest BCUT2D eigenvalue weighted by molar-refractivity contribution is -0.124. The number of aryl methyl sites for hydroxylation is 1. The number of para-hydroxylation sites is 1. The van der Waals surface area contributed by atoms with Crippen LogP contribution in [0.4, 0.5) is 0 Å². The molecule has 1 saturated heterocycles. The third kappa shape index (κ3) is 5.30. The molecule has 2 heterocycles. The highest BCUT2D eigenvalue weighted by atomic mass is 16.5. The first-order valence-corrected chi connectivity index (χ1v) is 9.37. The molecule has 0 saturated carbocycles. The Labute approximate surface area is 155 Å². The van der Waals surface area contributed by atoms with Gasteiger partial charge in [-0.15, -0.1) is 0 Å². The van der Waals surface area contributed by atoms with E-state index in [0.29, 0.717) is 0 Å². The first-order chi connectivity index (χ1) is 12.7. The summed E-state index contributed by atoms with van der Waals surface area (Å²) in [5, 5.41) is 3.10. The second-order valence-electron chi connectivity index (χ2n) is 6.69. The predicted molar refractivity (Wildman–Crippen MR) is 102 cm³/mol. The van der Waals surface area contributed by atoms with E-state index in [1.807, 2.05) is 42.6 Å². The maximum absolute atomic E-state index is 12.2. The van der Waals surface area contributed by atoms with Gasteiger partial charge in [-0.1, -0.05) is 31.2 Å². The summed E-state index contributed by atoms with van der Waals surface area (Å²) in [6, 6.07) is 14.1. The second-order valence-corrected chi connectivity index (χ2v) is 6.69. The quantitative estimate of drug-likeness (QED) is 0.832. The molecule has 0 bridgehead atoms. The van der Waals surface area contributed by atoms with Crippen LogP contribution in [0.1, 0.15) is 31.0 Å². The molecule has 26 heavy (non-hydrogen) atoms. The number of carbonyl (C=O) groups excluding carboxylic acids is 1. The third-order valence-corrected chi connectivity index (χ3v) is 4.78. The van der Waals surface area contributed by atoms with E-state index in [-0.39, 0.29) is 18.6 Å². The lowest BCUT2D eigenvalue weighted by Gasteiger charge is -2.32. The SMILES string of the molecule is CCc1ccccc1OCC(=O)NC1CCN(Cc2ccccn2)CC1. The van der Waals surface area contributed by atoms with Crippen LogP contribution < -0.4 is 10.1 Å². The average molecular weight is 353 g/mol. The Morgan fingerprint density at radius 2 is 1.96 bits per heavy atom. The van der Waals surface area contributed by atoms with Crippen molar-refractivity contribution < 1.29 is 9.53 Å². The van der Waals surface area contributed by atoms with Gasteiger partial charge >= 0.3 is 0 Å². The van der Waals surface area contributed by atoms with Gasteiger partial charge in [0.2, 0.25) is 0 Å². The minimum absolute atomic E-state index is 0.0425. The molecule has 0 radical (unpaired) electrons. The van der Waals surface area contributed by atoms with Crippen molar-refractivity contribution in [2.75, 3.05) is 19.7 Å². The number of aromatic nitrogens is 1. The number of ether oxygens (including phenoxy) is 1. The van der Waals surface area contributed by atoms with E-state index in [4.69, 9.17) is 4.74 Å². The highest BCUT2D eigenvalue weighted by Crippen LogP contribution is 2.18. The number of piperidine rings is 1. The van der Waals surface area contributed by atoms with Crippen molar-refractivity contribution >= 4 is 5.91 Å². The van der Waals surface area contributed by atoms with E-state index in [9.17, 15) is 4.79 Å². The molecular weight excluding hydrogens is 326 g/mol. The van der Waals surface area contributed by atoms with Gasteiger partial charge in [-0.25, -0.2) is 0 Å². The first-order valence-electron chi connectivity index (χ1n) is 9.37. The lowest BCUT2D eigenvalue weighted by atomic mass is 10.0. The fourth-order valence-corrected chi connectivity index (χ4v) is 3.31. The lowest BCUT2D eigenvalue weighted by Crippen LogP contribution is -2.45. The molecule has 1 fully saturated rings. The van der Waals surface area contributed by atoms with Gasteiger partial charge < -0.3 is 10.1 Å². The fraction of sp³-hybridized carbons (Fsp3) is 0.429. The molecule has 1 N–H and O–H groups in total. The molecule has 1 aromatic heterocycles. The molecule has 1 aliphatic rings. The van der Waals surface area contributed by atoms with Crippen molar-refractivity contribution in [1.29, 1.82) is 0 Å². The molecule has 1 aliphatic heterocycles. The largest absolute Gasteiger partial charge is 0.483 e. The van der Waals surface area contributed by atoms with Gasteiger partial charge in [0.1, 0.15) is 5.75 Å². The number of pyridine rings is 1. The summed E-state index contributed by atoms with van der Waals surface area (Å²) in [4.78, 5) is 19.0.